The Bertz CT molecular complexity index is 430. The molecule has 2 aliphatic heterocycles. The largest absolute Gasteiger partial charge is 0.377 e. The van der Waals surface area contributed by atoms with Crippen molar-refractivity contribution in [2.24, 2.45) is 16.3 Å². The first-order chi connectivity index (χ1) is 10.5. The monoisotopic (exact) mass is 309 g/mol. The van der Waals surface area contributed by atoms with E-state index >= 15 is 0 Å². The number of rotatable bonds is 3. The van der Waals surface area contributed by atoms with Gasteiger partial charge in [-0.1, -0.05) is 13.8 Å². The summed E-state index contributed by atoms with van der Waals surface area (Å²) >= 11 is 0. The lowest BCUT2D eigenvalue weighted by molar-refractivity contribution is -0.188. The van der Waals surface area contributed by atoms with E-state index in [0.29, 0.717) is 18.1 Å². The van der Waals surface area contributed by atoms with Crippen molar-refractivity contribution in [3.05, 3.63) is 0 Å². The molecule has 3 aliphatic rings. The average Bonchev–Trinajstić information content (AvgIpc) is 2.94. The van der Waals surface area contributed by atoms with Crippen LogP contribution in [0.5, 0.6) is 0 Å². The van der Waals surface area contributed by atoms with Crippen LogP contribution in [0, 0.1) is 11.3 Å². The van der Waals surface area contributed by atoms with E-state index in [1.165, 1.54) is 12.8 Å². The van der Waals surface area contributed by atoms with E-state index in [1.807, 2.05) is 7.05 Å². The van der Waals surface area contributed by atoms with E-state index in [4.69, 9.17) is 9.47 Å². The van der Waals surface area contributed by atoms with Crippen molar-refractivity contribution in [2.75, 3.05) is 26.8 Å². The van der Waals surface area contributed by atoms with E-state index in [-0.39, 0.29) is 11.0 Å². The predicted molar refractivity (Wildman–Crippen MR) is 88.1 cm³/mol. The van der Waals surface area contributed by atoms with Gasteiger partial charge in [0.25, 0.3) is 0 Å². The van der Waals surface area contributed by atoms with Crippen molar-refractivity contribution < 1.29 is 9.47 Å². The summed E-state index contributed by atoms with van der Waals surface area (Å²) < 4.78 is 11.8. The molecule has 0 radical (unpaired) electrons. The van der Waals surface area contributed by atoms with Crippen LogP contribution in [0.1, 0.15) is 46.5 Å². The molecule has 3 rings (SSSR count). The second-order valence-electron chi connectivity index (χ2n) is 7.87. The van der Waals surface area contributed by atoms with Crippen LogP contribution in [0.4, 0.5) is 0 Å². The Morgan fingerprint density at radius 3 is 2.73 bits per heavy atom. The van der Waals surface area contributed by atoms with Gasteiger partial charge in [-0.3, -0.25) is 4.99 Å². The van der Waals surface area contributed by atoms with Crippen LogP contribution in [0.15, 0.2) is 4.99 Å². The first kappa shape index (κ1) is 16.1. The highest BCUT2D eigenvalue weighted by Gasteiger charge is 2.58. The van der Waals surface area contributed by atoms with Gasteiger partial charge < -0.3 is 20.1 Å². The van der Waals surface area contributed by atoms with Gasteiger partial charge in [-0.15, -0.1) is 0 Å². The van der Waals surface area contributed by atoms with Crippen LogP contribution in [-0.2, 0) is 9.47 Å². The van der Waals surface area contributed by atoms with Crippen molar-refractivity contribution in [1.82, 2.24) is 10.6 Å². The molecule has 0 spiro atoms. The lowest BCUT2D eigenvalue weighted by Gasteiger charge is -2.60. The topological polar surface area (TPSA) is 54.9 Å². The van der Waals surface area contributed by atoms with Gasteiger partial charge in [0.15, 0.2) is 5.96 Å². The predicted octanol–water partition coefficient (Wildman–Crippen LogP) is 1.92. The van der Waals surface area contributed by atoms with Crippen molar-refractivity contribution in [3.63, 3.8) is 0 Å². The zero-order valence-electron chi connectivity index (χ0n) is 14.4. The van der Waals surface area contributed by atoms with Gasteiger partial charge in [0, 0.05) is 44.2 Å². The minimum Gasteiger partial charge on any atom is -0.377 e. The number of aliphatic imine (C=N–C) groups is 1. The maximum Gasteiger partial charge on any atom is 0.191 e. The molecule has 1 aliphatic carbocycles. The van der Waals surface area contributed by atoms with Crippen molar-refractivity contribution in [1.29, 1.82) is 0 Å². The summed E-state index contributed by atoms with van der Waals surface area (Å²) in [6.07, 6.45) is 5.09. The van der Waals surface area contributed by atoms with Gasteiger partial charge in [-0.2, -0.15) is 0 Å². The fraction of sp³-hybridized carbons (Fsp3) is 0.941. The van der Waals surface area contributed by atoms with Crippen LogP contribution in [0.3, 0.4) is 0 Å². The molecule has 2 saturated heterocycles. The summed E-state index contributed by atoms with van der Waals surface area (Å²) in [5.41, 5.74) is 0.111. The highest BCUT2D eigenvalue weighted by atomic mass is 16.5. The third-order valence-electron chi connectivity index (χ3n) is 5.78. The summed E-state index contributed by atoms with van der Waals surface area (Å²) in [5.74, 6) is 1.50. The summed E-state index contributed by atoms with van der Waals surface area (Å²) in [5, 5.41) is 7.09. The number of guanidine groups is 1. The molecule has 2 N–H and O–H groups in total. The van der Waals surface area contributed by atoms with Gasteiger partial charge in [0.2, 0.25) is 0 Å². The molecule has 0 aromatic rings. The van der Waals surface area contributed by atoms with Gasteiger partial charge in [0.1, 0.15) is 0 Å². The molecule has 3 fully saturated rings. The van der Waals surface area contributed by atoms with E-state index in [2.05, 4.69) is 36.4 Å². The Labute approximate surface area is 134 Å². The van der Waals surface area contributed by atoms with Crippen molar-refractivity contribution >= 4 is 5.96 Å². The molecular weight excluding hydrogens is 278 g/mol. The van der Waals surface area contributed by atoms with Crippen molar-refractivity contribution in [3.8, 4) is 0 Å². The standard InChI is InChI=1S/C17H31N3O2/c1-16(2)13(12-7-5-9-21-14(12)16)20-15(18-4)19-11-17(3)8-6-10-22-17/h12-14H,5-11H2,1-4H3,(H2,18,19,20). The maximum absolute atomic E-state index is 5.97. The average molecular weight is 309 g/mol. The molecule has 2 heterocycles. The van der Waals surface area contributed by atoms with E-state index < -0.39 is 0 Å². The van der Waals surface area contributed by atoms with Crippen LogP contribution in [0.25, 0.3) is 0 Å². The van der Waals surface area contributed by atoms with Crippen LogP contribution >= 0.6 is 0 Å². The Morgan fingerprint density at radius 2 is 2.05 bits per heavy atom. The number of ether oxygens (including phenoxy) is 2. The number of fused-ring (bicyclic) bond motifs is 1. The maximum atomic E-state index is 5.97. The highest BCUT2D eigenvalue weighted by Crippen LogP contribution is 2.51. The normalized spacial score (nSPS) is 40.7. The quantitative estimate of drug-likeness (QED) is 0.618. The molecule has 4 atom stereocenters. The fourth-order valence-electron chi connectivity index (χ4n) is 4.40. The molecule has 126 valence electrons. The zero-order valence-corrected chi connectivity index (χ0v) is 14.4. The molecule has 5 nitrogen and oxygen atoms in total. The van der Waals surface area contributed by atoms with E-state index in [1.54, 1.807) is 0 Å². The molecular formula is C17H31N3O2. The Kier molecular flexibility index (Phi) is 4.38. The molecule has 5 heteroatoms. The number of hydrogen-bond donors (Lipinski definition) is 2. The lowest BCUT2D eigenvalue weighted by Crippen LogP contribution is -2.71. The van der Waals surface area contributed by atoms with Crippen LogP contribution < -0.4 is 10.6 Å². The second-order valence-corrected chi connectivity index (χ2v) is 7.87. The highest BCUT2D eigenvalue weighted by molar-refractivity contribution is 5.80. The summed E-state index contributed by atoms with van der Waals surface area (Å²) in [4.78, 5) is 4.40. The van der Waals surface area contributed by atoms with Crippen molar-refractivity contribution in [2.45, 2.75) is 64.2 Å². The summed E-state index contributed by atoms with van der Waals surface area (Å²) in [7, 11) is 1.84. The number of hydrogen-bond acceptors (Lipinski definition) is 3. The minimum atomic E-state index is -0.0523. The number of nitrogens with one attached hydrogen (secondary N) is 2. The minimum absolute atomic E-state index is 0.0523. The van der Waals surface area contributed by atoms with E-state index in [0.717, 1.165) is 38.6 Å². The van der Waals surface area contributed by atoms with Gasteiger partial charge in [-0.25, -0.2) is 0 Å². The lowest BCUT2D eigenvalue weighted by atomic mass is 9.55. The summed E-state index contributed by atoms with van der Waals surface area (Å²) in [6.45, 7) is 9.38. The molecule has 1 saturated carbocycles. The fourth-order valence-corrected chi connectivity index (χ4v) is 4.40. The smallest absolute Gasteiger partial charge is 0.191 e. The third-order valence-corrected chi connectivity index (χ3v) is 5.78. The van der Waals surface area contributed by atoms with Gasteiger partial charge in [0.05, 0.1) is 11.7 Å². The van der Waals surface area contributed by atoms with Gasteiger partial charge in [-0.05, 0) is 32.6 Å². The van der Waals surface area contributed by atoms with Gasteiger partial charge >= 0.3 is 0 Å². The van der Waals surface area contributed by atoms with Crippen LogP contribution in [0.2, 0.25) is 0 Å². The first-order valence-electron chi connectivity index (χ1n) is 8.69. The first-order valence-corrected chi connectivity index (χ1v) is 8.69. The molecule has 0 amide bonds. The van der Waals surface area contributed by atoms with E-state index in [9.17, 15) is 0 Å². The third kappa shape index (κ3) is 2.85. The molecule has 0 aromatic heterocycles. The molecule has 0 bridgehead atoms. The Hall–Kier alpha value is -0.810. The Morgan fingerprint density at radius 1 is 1.23 bits per heavy atom. The molecule has 22 heavy (non-hydrogen) atoms. The SMILES string of the molecule is CN=C(NCC1(C)CCCO1)NC1C2CCCOC2C1(C)C. The second kappa shape index (κ2) is 6.00. The Balaban J connectivity index is 1.56. The molecule has 0 aromatic carbocycles. The zero-order chi connectivity index (χ0) is 15.8. The van der Waals surface area contributed by atoms with Crippen LogP contribution in [-0.4, -0.2) is 50.5 Å². The molecule has 4 unspecified atom stereocenters. The number of nitrogens with zero attached hydrogens (tertiary/aromatic N) is 1. The summed E-state index contributed by atoms with van der Waals surface area (Å²) in [6, 6.07) is 0.432.